The summed E-state index contributed by atoms with van der Waals surface area (Å²) in [7, 11) is -3.40. The van der Waals surface area contributed by atoms with Gasteiger partial charge in [-0.3, -0.25) is 9.52 Å². The third-order valence-electron chi connectivity index (χ3n) is 2.55. The molecule has 112 valence electrons. The number of sulfonamides is 1. The predicted molar refractivity (Wildman–Crippen MR) is 81.4 cm³/mol. The van der Waals surface area contributed by atoms with Crippen molar-refractivity contribution in [1.29, 1.82) is 0 Å². The molecule has 0 unspecified atom stereocenters. The smallest absolute Gasteiger partial charge is 0.241 e. The van der Waals surface area contributed by atoms with Gasteiger partial charge in [-0.05, 0) is 24.1 Å². The van der Waals surface area contributed by atoms with Gasteiger partial charge in [0.05, 0.1) is 28.7 Å². The van der Waals surface area contributed by atoms with Crippen molar-refractivity contribution in [3.8, 4) is 0 Å². The number of halogens is 1. The zero-order chi connectivity index (χ0) is 15.5. The minimum Gasteiger partial charge on any atom is -0.323 e. The maximum Gasteiger partial charge on any atom is 0.241 e. The molecular formula is C12H18ClN3O3S. The van der Waals surface area contributed by atoms with Crippen molar-refractivity contribution in [3.05, 3.63) is 23.2 Å². The highest BCUT2D eigenvalue weighted by Gasteiger charge is 2.18. The first-order chi connectivity index (χ1) is 9.10. The molecule has 1 amide bonds. The topological polar surface area (TPSA) is 101 Å². The molecular weight excluding hydrogens is 302 g/mol. The zero-order valence-electron chi connectivity index (χ0n) is 11.5. The van der Waals surface area contributed by atoms with E-state index in [-0.39, 0.29) is 11.8 Å². The molecule has 1 rings (SSSR count). The molecule has 1 aromatic carbocycles. The Morgan fingerprint density at radius 1 is 1.35 bits per heavy atom. The van der Waals surface area contributed by atoms with E-state index in [1.165, 1.54) is 18.2 Å². The summed E-state index contributed by atoms with van der Waals surface area (Å²) in [5.74, 6) is -0.399. The van der Waals surface area contributed by atoms with E-state index in [9.17, 15) is 13.2 Å². The summed E-state index contributed by atoms with van der Waals surface area (Å²) in [6.45, 7) is 3.65. The summed E-state index contributed by atoms with van der Waals surface area (Å²) < 4.78 is 24.6. The highest BCUT2D eigenvalue weighted by atomic mass is 35.5. The number of nitrogens with two attached hydrogens (primary N) is 1. The zero-order valence-corrected chi connectivity index (χ0v) is 13.0. The van der Waals surface area contributed by atoms with E-state index in [2.05, 4.69) is 10.0 Å². The van der Waals surface area contributed by atoms with E-state index < -0.39 is 16.1 Å². The summed E-state index contributed by atoms with van der Waals surface area (Å²) in [4.78, 5) is 11.9. The molecule has 0 saturated carbocycles. The average Bonchev–Trinajstić information content (AvgIpc) is 2.30. The van der Waals surface area contributed by atoms with Crippen LogP contribution >= 0.6 is 11.6 Å². The predicted octanol–water partition coefficient (Wildman–Crippen LogP) is 1.63. The van der Waals surface area contributed by atoms with E-state index in [1.54, 1.807) is 0 Å². The molecule has 0 aliphatic rings. The van der Waals surface area contributed by atoms with Crippen LogP contribution in [0.5, 0.6) is 0 Å². The molecule has 0 aliphatic carbocycles. The second kappa shape index (κ2) is 6.43. The van der Waals surface area contributed by atoms with Crippen LogP contribution in [0.25, 0.3) is 0 Å². The van der Waals surface area contributed by atoms with Crippen LogP contribution in [0.3, 0.4) is 0 Å². The molecule has 1 atom stereocenters. The third kappa shape index (κ3) is 4.99. The second-order valence-electron chi connectivity index (χ2n) is 4.83. The van der Waals surface area contributed by atoms with E-state index in [0.717, 1.165) is 6.26 Å². The first-order valence-corrected chi connectivity index (χ1v) is 8.21. The number of hydrogen-bond acceptors (Lipinski definition) is 4. The molecule has 0 spiro atoms. The fourth-order valence-corrected chi connectivity index (χ4v) is 2.14. The van der Waals surface area contributed by atoms with Gasteiger partial charge in [-0.2, -0.15) is 0 Å². The van der Waals surface area contributed by atoms with Crippen molar-refractivity contribution >= 4 is 38.9 Å². The van der Waals surface area contributed by atoms with Crippen LogP contribution in [0.2, 0.25) is 5.02 Å². The lowest BCUT2D eigenvalue weighted by molar-refractivity contribution is -0.118. The van der Waals surface area contributed by atoms with Gasteiger partial charge in [0, 0.05) is 0 Å². The number of carbonyl (C=O) groups excluding carboxylic acids is 1. The molecule has 0 heterocycles. The Morgan fingerprint density at radius 3 is 2.45 bits per heavy atom. The van der Waals surface area contributed by atoms with Gasteiger partial charge in [-0.25, -0.2) is 8.42 Å². The lowest BCUT2D eigenvalue weighted by Crippen LogP contribution is -2.39. The second-order valence-corrected chi connectivity index (χ2v) is 6.98. The Morgan fingerprint density at radius 2 is 1.95 bits per heavy atom. The Bertz CT molecular complexity index is 602. The van der Waals surface area contributed by atoms with Crippen molar-refractivity contribution in [2.75, 3.05) is 16.3 Å². The average molecular weight is 320 g/mol. The summed E-state index contributed by atoms with van der Waals surface area (Å²) >= 11 is 5.96. The van der Waals surface area contributed by atoms with Gasteiger partial charge in [-0.15, -0.1) is 0 Å². The van der Waals surface area contributed by atoms with Crippen LogP contribution in [0.1, 0.15) is 13.8 Å². The Labute approximate surface area is 123 Å². The molecule has 0 radical (unpaired) electrons. The van der Waals surface area contributed by atoms with Crippen molar-refractivity contribution < 1.29 is 13.2 Å². The lowest BCUT2D eigenvalue weighted by Gasteiger charge is -2.16. The fraction of sp³-hybridized carbons (Fsp3) is 0.417. The van der Waals surface area contributed by atoms with Crippen LogP contribution in [0.15, 0.2) is 18.2 Å². The van der Waals surface area contributed by atoms with Gasteiger partial charge < -0.3 is 11.1 Å². The van der Waals surface area contributed by atoms with Crippen LogP contribution in [0.4, 0.5) is 11.4 Å². The monoisotopic (exact) mass is 319 g/mol. The molecule has 4 N–H and O–H groups in total. The number of carbonyl (C=O) groups is 1. The molecule has 0 bridgehead atoms. The van der Waals surface area contributed by atoms with Crippen LogP contribution in [0, 0.1) is 5.92 Å². The highest BCUT2D eigenvalue weighted by Crippen LogP contribution is 2.26. The quantitative estimate of drug-likeness (QED) is 0.767. The maximum atomic E-state index is 11.9. The van der Waals surface area contributed by atoms with Gasteiger partial charge in [0.25, 0.3) is 0 Å². The van der Waals surface area contributed by atoms with E-state index in [0.29, 0.717) is 16.4 Å². The molecule has 1 aromatic rings. The number of benzene rings is 1. The molecule has 20 heavy (non-hydrogen) atoms. The number of anilines is 2. The van der Waals surface area contributed by atoms with Gasteiger partial charge in [0.1, 0.15) is 0 Å². The first kappa shape index (κ1) is 16.7. The minimum atomic E-state index is -3.40. The van der Waals surface area contributed by atoms with Gasteiger partial charge >= 0.3 is 0 Å². The first-order valence-electron chi connectivity index (χ1n) is 5.94. The van der Waals surface area contributed by atoms with E-state index >= 15 is 0 Å². The van der Waals surface area contributed by atoms with Gasteiger partial charge in [-0.1, -0.05) is 25.4 Å². The SMILES string of the molecule is CC(C)[C@@H](N)C(=O)Nc1cc(NS(C)(=O)=O)ccc1Cl. The summed E-state index contributed by atoms with van der Waals surface area (Å²) in [6.07, 6.45) is 1.04. The van der Waals surface area contributed by atoms with Crippen LogP contribution in [-0.2, 0) is 14.8 Å². The number of amides is 1. The van der Waals surface area contributed by atoms with E-state index in [1.807, 2.05) is 13.8 Å². The minimum absolute atomic E-state index is 0.0221. The third-order valence-corrected chi connectivity index (χ3v) is 3.48. The number of rotatable bonds is 5. The van der Waals surface area contributed by atoms with Crippen molar-refractivity contribution in [2.45, 2.75) is 19.9 Å². The molecule has 8 heteroatoms. The largest absolute Gasteiger partial charge is 0.323 e. The summed E-state index contributed by atoms with van der Waals surface area (Å²) in [6, 6.07) is 3.76. The van der Waals surface area contributed by atoms with Crippen molar-refractivity contribution in [1.82, 2.24) is 0 Å². The van der Waals surface area contributed by atoms with Crippen molar-refractivity contribution in [3.63, 3.8) is 0 Å². The van der Waals surface area contributed by atoms with Crippen LogP contribution < -0.4 is 15.8 Å². The van der Waals surface area contributed by atoms with Gasteiger partial charge in [0.15, 0.2) is 0 Å². The van der Waals surface area contributed by atoms with E-state index in [4.69, 9.17) is 17.3 Å². The Kier molecular flexibility index (Phi) is 5.38. The molecule has 0 saturated heterocycles. The number of hydrogen-bond donors (Lipinski definition) is 3. The molecule has 0 aromatic heterocycles. The molecule has 6 nitrogen and oxygen atoms in total. The molecule has 0 fully saturated rings. The van der Waals surface area contributed by atoms with Crippen LogP contribution in [-0.4, -0.2) is 26.6 Å². The summed E-state index contributed by atoms with van der Waals surface area (Å²) in [5, 5.41) is 2.89. The lowest BCUT2D eigenvalue weighted by atomic mass is 10.0. The van der Waals surface area contributed by atoms with Crippen molar-refractivity contribution in [2.24, 2.45) is 11.7 Å². The molecule has 0 aliphatic heterocycles. The summed E-state index contributed by atoms with van der Waals surface area (Å²) in [5.41, 5.74) is 6.35. The Hall–Kier alpha value is -1.31. The Balaban J connectivity index is 2.95. The number of nitrogens with one attached hydrogen (secondary N) is 2. The van der Waals surface area contributed by atoms with Gasteiger partial charge in [0.2, 0.25) is 15.9 Å². The maximum absolute atomic E-state index is 11.9. The highest BCUT2D eigenvalue weighted by molar-refractivity contribution is 7.92. The fourth-order valence-electron chi connectivity index (χ4n) is 1.42. The standard InChI is InChI=1S/C12H18ClN3O3S/c1-7(2)11(14)12(17)15-10-6-8(4-5-9(10)13)16-20(3,18)19/h4-7,11,16H,14H2,1-3H3,(H,15,17)/t11-/m1/s1. The normalized spacial score (nSPS) is 13.1.